The number of amides is 1. The number of carbonyl (C=O) groups excluding carboxylic acids is 1. The highest BCUT2D eigenvalue weighted by molar-refractivity contribution is 5.76. The summed E-state index contributed by atoms with van der Waals surface area (Å²) >= 11 is 0. The smallest absolute Gasteiger partial charge is 0.220 e. The van der Waals surface area contributed by atoms with Crippen LogP contribution < -0.4 is 5.32 Å². The van der Waals surface area contributed by atoms with E-state index in [9.17, 15) is 9.18 Å². The van der Waals surface area contributed by atoms with Crippen molar-refractivity contribution in [1.29, 1.82) is 0 Å². The van der Waals surface area contributed by atoms with Gasteiger partial charge in [0.15, 0.2) is 0 Å². The highest BCUT2D eigenvalue weighted by Crippen LogP contribution is 2.08. The molecule has 1 unspecified atom stereocenters. The summed E-state index contributed by atoms with van der Waals surface area (Å²) in [5, 5.41) is 2.78. The topological polar surface area (TPSA) is 38.3 Å². The monoisotopic (exact) mass is 239 g/mol. The molecule has 1 rings (SSSR count). The van der Waals surface area contributed by atoms with Crippen LogP contribution in [0.2, 0.25) is 0 Å². The molecule has 0 radical (unpaired) electrons. The molecule has 17 heavy (non-hydrogen) atoms. The zero-order valence-corrected chi connectivity index (χ0v) is 10.2. The van der Waals surface area contributed by atoms with Gasteiger partial charge in [-0.15, -0.1) is 0 Å². The Hall–Kier alpha value is -1.42. The lowest BCUT2D eigenvalue weighted by Gasteiger charge is -2.12. The van der Waals surface area contributed by atoms with E-state index in [1.165, 1.54) is 6.07 Å². The van der Waals surface area contributed by atoms with Crippen LogP contribution in [0.1, 0.15) is 18.9 Å². The summed E-state index contributed by atoms with van der Waals surface area (Å²) in [6.07, 6.45) is 0.702. The van der Waals surface area contributed by atoms with Gasteiger partial charge in [0.25, 0.3) is 0 Å². The molecule has 0 aromatic heterocycles. The SMILES string of the molecule is COCC(C)NC(=O)CCc1ccccc1F. The Labute approximate surface area is 101 Å². The van der Waals surface area contributed by atoms with Crippen LogP contribution in [-0.2, 0) is 16.0 Å². The van der Waals surface area contributed by atoms with Crippen molar-refractivity contribution in [3.8, 4) is 0 Å². The number of rotatable bonds is 6. The lowest BCUT2D eigenvalue weighted by molar-refractivity contribution is -0.122. The van der Waals surface area contributed by atoms with Crippen LogP contribution >= 0.6 is 0 Å². The highest BCUT2D eigenvalue weighted by atomic mass is 19.1. The molecule has 1 amide bonds. The molecular weight excluding hydrogens is 221 g/mol. The van der Waals surface area contributed by atoms with Crippen molar-refractivity contribution >= 4 is 5.91 Å². The second-order valence-corrected chi connectivity index (χ2v) is 4.02. The maximum Gasteiger partial charge on any atom is 0.220 e. The number of nitrogens with one attached hydrogen (secondary N) is 1. The number of halogens is 1. The maximum atomic E-state index is 13.3. The van der Waals surface area contributed by atoms with Crippen molar-refractivity contribution in [3.63, 3.8) is 0 Å². The zero-order valence-electron chi connectivity index (χ0n) is 10.2. The molecule has 4 heteroatoms. The minimum absolute atomic E-state index is 0.0203. The second-order valence-electron chi connectivity index (χ2n) is 4.02. The molecule has 3 nitrogen and oxygen atoms in total. The molecular formula is C13H18FNO2. The van der Waals surface area contributed by atoms with Crippen molar-refractivity contribution < 1.29 is 13.9 Å². The van der Waals surface area contributed by atoms with Crippen molar-refractivity contribution in [1.82, 2.24) is 5.32 Å². The van der Waals surface area contributed by atoms with Gasteiger partial charge >= 0.3 is 0 Å². The van der Waals surface area contributed by atoms with E-state index in [4.69, 9.17) is 4.74 Å². The highest BCUT2D eigenvalue weighted by Gasteiger charge is 2.08. The fourth-order valence-corrected chi connectivity index (χ4v) is 1.59. The Morgan fingerprint density at radius 2 is 2.18 bits per heavy atom. The van der Waals surface area contributed by atoms with Gasteiger partial charge in [0.05, 0.1) is 6.61 Å². The number of hydrogen-bond donors (Lipinski definition) is 1. The Morgan fingerprint density at radius 1 is 1.47 bits per heavy atom. The average molecular weight is 239 g/mol. The molecule has 0 aliphatic carbocycles. The molecule has 0 aliphatic rings. The van der Waals surface area contributed by atoms with Gasteiger partial charge in [-0.2, -0.15) is 0 Å². The summed E-state index contributed by atoms with van der Waals surface area (Å²) in [6.45, 7) is 2.34. The maximum absolute atomic E-state index is 13.3. The minimum atomic E-state index is -0.259. The standard InChI is InChI=1S/C13H18FNO2/c1-10(9-17-2)15-13(16)8-7-11-5-3-4-6-12(11)14/h3-6,10H,7-9H2,1-2H3,(H,15,16). The third-order valence-corrected chi connectivity index (χ3v) is 2.40. The predicted molar refractivity (Wildman–Crippen MR) is 64.2 cm³/mol. The largest absolute Gasteiger partial charge is 0.383 e. The van der Waals surface area contributed by atoms with Crippen LogP contribution in [-0.4, -0.2) is 25.7 Å². The van der Waals surface area contributed by atoms with E-state index < -0.39 is 0 Å². The van der Waals surface area contributed by atoms with Gasteiger partial charge in [-0.3, -0.25) is 4.79 Å². The predicted octanol–water partition coefficient (Wildman–Crippen LogP) is 1.91. The Bertz CT molecular complexity index is 368. The quantitative estimate of drug-likeness (QED) is 0.823. The van der Waals surface area contributed by atoms with Gasteiger partial charge in [-0.1, -0.05) is 18.2 Å². The summed E-state index contributed by atoms with van der Waals surface area (Å²) in [4.78, 5) is 11.5. The van der Waals surface area contributed by atoms with Gasteiger partial charge < -0.3 is 10.1 Å². The number of benzene rings is 1. The van der Waals surface area contributed by atoms with Gasteiger partial charge in [-0.25, -0.2) is 4.39 Å². The van der Waals surface area contributed by atoms with Gasteiger partial charge in [0.1, 0.15) is 5.82 Å². The number of carbonyl (C=O) groups is 1. The number of aryl methyl sites for hydroxylation is 1. The molecule has 0 spiro atoms. The van der Waals surface area contributed by atoms with Crippen molar-refractivity contribution in [2.24, 2.45) is 0 Å². The summed E-state index contributed by atoms with van der Waals surface area (Å²) in [6, 6.07) is 6.49. The van der Waals surface area contributed by atoms with Gasteiger partial charge in [0.2, 0.25) is 5.91 Å². The van der Waals surface area contributed by atoms with Crippen LogP contribution in [0, 0.1) is 5.82 Å². The summed E-state index contributed by atoms with van der Waals surface area (Å²) in [5.74, 6) is -0.344. The summed E-state index contributed by atoms with van der Waals surface area (Å²) in [5.41, 5.74) is 0.571. The number of ether oxygens (including phenoxy) is 1. The molecule has 0 fully saturated rings. The summed E-state index contributed by atoms with van der Waals surface area (Å²) < 4.78 is 18.2. The third kappa shape index (κ3) is 4.95. The molecule has 1 aromatic carbocycles. The van der Waals surface area contributed by atoms with E-state index in [1.807, 2.05) is 6.92 Å². The molecule has 1 N–H and O–H groups in total. The Balaban J connectivity index is 2.36. The minimum Gasteiger partial charge on any atom is -0.383 e. The Kier molecular flexibility index (Phi) is 5.63. The second kappa shape index (κ2) is 7.01. The van der Waals surface area contributed by atoms with E-state index in [2.05, 4.69) is 5.32 Å². The first-order valence-electron chi connectivity index (χ1n) is 5.65. The van der Waals surface area contributed by atoms with Crippen LogP contribution in [0.5, 0.6) is 0 Å². The van der Waals surface area contributed by atoms with E-state index in [1.54, 1.807) is 25.3 Å². The van der Waals surface area contributed by atoms with Crippen LogP contribution in [0.3, 0.4) is 0 Å². The number of methoxy groups -OCH3 is 1. The first kappa shape index (κ1) is 13.6. The fraction of sp³-hybridized carbons (Fsp3) is 0.462. The molecule has 0 bridgehead atoms. The zero-order chi connectivity index (χ0) is 12.7. The lowest BCUT2D eigenvalue weighted by atomic mass is 10.1. The van der Waals surface area contributed by atoms with E-state index in [0.29, 0.717) is 18.6 Å². The van der Waals surface area contributed by atoms with E-state index in [0.717, 1.165) is 0 Å². The molecule has 1 aromatic rings. The summed E-state index contributed by atoms with van der Waals surface area (Å²) in [7, 11) is 1.59. The van der Waals surface area contributed by atoms with Crippen LogP contribution in [0.4, 0.5) is 4.39 Å². The van der Waals surface area contributed by atoms with Crippen LogP contribution in [0.25, 0.3) is 0 Å². The molecule has 0 aliphatic heterocycles. The molecule has 0 heterocycles. The molecule has 0 saturated carbocycles. The van der Waals surface area contributed by atoms with Crippen LogP contribution in [0.15, 0.2) is 24.3 Å². The molecule has 1 atom stereocenters. The normalized spacial score (nSPS) is 12.2. The molecule has 94 valence electrons. The van der Waals surface area contributed by atoms with E-state index in [-0.39, 0.29) is 24.2 Å². The van der Waals surface area contributed by atoms with Gasteiger partial charge in [-0.05, 0) is 25.0 Å². The van der Waals surface area contributed by atoms with Gasteiger partial charge in [0, 0.05) is 19.6 Å². The third-order valence-electron chi connectivity index (χ3n) is 2.40. The molecule has 0 saturated heterocycles. The fourth-order valence-electron chi connectivity index (χ4n) is 1.59. The Morgan fingerprint density at radius 3 is 2.82 bits per heavy atom. The van der Waals surface area contributed by atoms with E-state index >= 15 is 0 Å². The van der Waals surface area contributed by atoms with Crippen molar-refractivity contribution in [2.75, 3.05) is 13.7 Å². The van der Waals surface area contributed by atoms with Crippen molar-refractivity contribution in [2.45, 2.75) is 25.8 Å². The number of hydrogen-bond acceptors (Lipinski definition) is 2. The first-order chi connectivity index (χ1) is 8.13. The lowest BCUT2D eigenvalue weighted by Crippen LogP contribution is -2.35. The average Bonchev–Trinajstić information content (AvgIpc) is 2.28. The van der Waals surface area contributed by atoms with Crippen molar-refractivity contribution in [3.05, 3.63) is 35.6 Å². The first-order valence-corrected chi connectivity index (χ1v) is 5.65.